The van der Waals surface area contributed by atoms with Crippen LogP contribution < -0.4 is 21.9 Å². The van der Waals surface area contributed by atoms with E-state index >= 15 is 0 Å². The summed E-state index contributed by atoms with van der Waals surface area (Å²) < 4.78 is 55.5. The molecular weight excluding hydrogens is 427 g/mol. The Bertz CT molecular complexity index is 1150. The van der Waals surface area contributed by atoms with Crippen LogP contribution in [-0.2, 0) is 13.0 Å². The summed E-state index contributed by atoms with van der Waals surface area (Å²) in [6, 6.07) is 13.7. The molecular formula is C24H21ClF3NO2. The fourth-order valence-electron chi connectivity index (χ4n) is 3.87. The Balaban J connectivity index is 0.00000272. The van der Waals surface area contributed by atoms with Gasteiger partial charge in [0.05, 0.1) is 30.9 Å². The number of methoxy groups -OCH3 is 2. The van der Waals surface area contributed by atoms with Crippen LogP contribution in [0.3, 0.4) is 0 Å². The fraction of sp³-hybridized carbons (Fsp3) is 0.208. The van der Waals surface area contributed by atoms with Crippen molar-refractivity contribution in [1.82, 2.24) is 0 Å². The summed E-state index contributed by atoms with van der Waals surface area (Å²) in [6.45, 7) is 0.801. The maximum absolute atomic E-state index is 14.8. The van der Waals surface area contributed by atoms with E-state index in [4.69, 9.17) is 9.47 Å². The van der Waals surface area contributed by atoms with Crippen LogP contribution in [0.5, 0.6) is 11.5 Å². The summed E-state index contributed by atoms with van der Waals surface area (Å²) in [5.41, 5.74) is 3.03. The molecule has 3 nitrogen and oxygen atoms in total. The van der Waals surface area contributed by atoms with Crippen molar-refractivity contribution in [2.24, 2.45) is 0 Å². The lowest BCUT2D eigenvalue weighted by Gasteiger charge is -2.21. The first kappa shape index (κ1) is 22.7. The Morgan fingerprint density at radius 1 is 0.839 bits per heavy atom. The van der Waals surface area contributed by atoms with E-state index in [1.54, 1.807) is 31.4 Å². The second kappa shape index (κ2) is 9.43. The SMILES string of the molecule is COc1cc2c(cc1OC)C(c1ccc(F)cc1F)=[N+](Cc1ccccc1F)CC2.[Cl-]. The molecule has 0 aliphatic carbocycles. The molecule has 7 heteroatoms. The zero-order chi connectivity index (χ0) is 21.3. The molecule has 0 saturated heterocycles. The van der Waals surface area contributed by atoms with Crippen molar-refractivity contribution in [3.63, 3.8) is 0 Å². The summed E-state index contributed by atoms with van der Waals surface area (Å²) in [6.07, 6.45) is 0.663. The van der Waals surface area contributed by atoms with Crippen LogP contribution in [0.2, 0.25) is 0 Å². The Morgan fingerprint density at radius 3 is 2.23 bits per heavy atom. The van der Waals surface area contributed by atoms with Gasteiger partial charge in [-0.05, 0) is 42.0 Å². The molecule has 3 aromatic carbocycles. The Kier molecular flexibility index (Phi) is 6.91. The van der Waals surface area contributed by atoms with Gasteiger partial charge < -0.3 is 21.9 Å². The van der Waals surface area contributed by atoms with Gasteiger partial charge in [0.15, 0.2) is 18.0 Å². The van der Waals surface area contributed by atoms with Gasteiger partial charge in [-0.2, -0.15) is 0 Å². The van der Waals surface area contributed by atoms with Crippen molar-refractivity contribution in [2.45, 2.75) is 13.0 Å². The number of halogens is 4. The Labute approximate surface area is 185 Å². The molecule has 1 aliphatic rings. The minimum Gasteiger partial charge on any atom is -1.00 e. The second-order valence-electron chi connectivity index (χ2n) is 7.10. The first-order valence-corrected chi connectivity index (χ1v) is 9.57. The van der Waals surface area contributed by atoms with Crippen molar-refractivity contribution < 1.29 is 39.6 Å². The number of fused-ring (bicyclic) bond motifs is 1. The molecule has 0 spiro atoms. The van der Waals surface area contributed by atoms with Gasteiger partial charge in [-0.15, -0.1) is 0 Å². The molecule has 0 atom stereocenters. The molecule has 0 saturated carbocycles. The average molecular weight is 448 g/mol. The molecule has 0 bridgehead atoms. The molecule has 0 aromatic heterocycles. The first-order chi connectivity index (χ1) is 14.5. The van der Waals surface area contributed by atoms with Crippen LogP contribution >= 0.6 is 0 Å². The van der Waals surface area contributed by atoms with Crippen LogP contribution in [0, 0.1) is 17.5 Å². The van der Waals surface area contributed by atoms with Crippen LogP contribution in [0.15, 0.2) is 54.6 Å². The molecule has 0 amide bonds. The number of benzene rings is 3. The molecule has 31 heavy (non-hydrogen) atoms. The largest absolute Gasteiger partial charge is 1.00 e. The Hall–Kier alpha value is -2.99. The third-order valence-corrected chi connectivity index (χ3v) is 5.34. The highest BCUT2D eigenvalue weighted by Gasteiger charge is 2.31. The van der Waals surface area contributed by atoms with Gasteiger partial charge in [0, 0.05) is 12.5 Å². The zero-order valence-corrected chi connectivity index (χ0v) is 17.8. The van der Waals surface area contributed by atoms with Gasteiger partial charge in [0.25, 0.3) is 0 Å². The van der Waals surface area contributed by atoms with Gasteiger partial charge in [0.2, 0.25) is 5.71 Å². The minimum atomic E-state index is -0.675. The number of ether oxygens (including phenoxy) is 2. The average Bonchev–Trinajstić information content (AvgIpc) is 2.74. The smallest absolute Gasteiger partial charge is 0.218 e. The number of hydrogen-bond donors (Lipinski definition) is 0. The van der Waals surface area contributed by atoms with E-state index in [-0.39, 0.29) is 30.3 Å². The quantitative estimate of drug-likeness (QED) is 0.556. The van der Waals surface area contributed by atoms with Crippen molar-refractivity contribution in [3.8, 4) is 11.5 Å². The molecule has 0 unspecified atom stereocenters. The van der Waals surface area contributed by atoms with Crippen molar-refractivity contribution in [3.05, 3.63) is 94.3 Å². The maximum atomic E-state index is 14.8. The molecule has 0 fully saturated rings. The molecule has 0 radical (unpaired) electrons. The van der Waals surface area contributed by atoms with E-state index in [0.717, 1.165) is 17.2 Å². The predicted molar refractivity (Wildman–Crippen MR) is 108 cm³/mol. The van der Waals surface area contributed by atoms with Gasteiger partial charge in [-0.3, -0.25) is 0 Å². The van der Waals surface area contributed by atoms with Crippen LogP contribution in [0.4, 0.5) is 13.2 Å². The topological polar surface area (TPSA) is 21.5 Å². The molecule has 3 aromatic rings. The van der Waals surface area contributed by atoms with Crippen molar-refractivity contribution in [2.75, 3.05) is 20.8 Å². The van der Waals surface area contributed by atoms with Gasteiger partial charge >= 0.3 is 0 Å². The fourth-order valence-corrected chi connectivity index (χ4v) is 3.87. The standard InChI is InChI=1S/C24H21F3NO2.ClH/c1-29-22-11-15-9-10-28(14-16-5-3-4-6-20(16)26)24(19(15)13-23(22)30-2)18-8-7-17(25)12-21(18)27;/h3-8,11-13H,9-10,14H2,1-2H3;1H/q+1;/p-1. The Morgan fingerprint density at radius 2 is 1.55 bits per heavy atom. The van der Waals surface area contributed by atoms with E-state index in [1.165, 1.54) is 25.3 Å². The van der Waals surface area contributed by atoms with Crippen LogP contribution in [-0.4, -0.2) is 31.1 Å². The third kappa shape index (κ3) is 4.39. The summed E-state index contributed by atoms with van der Waals surface area (Å²) in [7, 11) is 3.09. The maximum Gasteiger partial charge on any atom is 0.218 e. The summed E-state index contributed by atoms with van der Waals surface area (Å²) >= 11 is 0. The van der Waals surface area contributed by atoms with E-state index in [0.29, 0.717) is 35.7 Å². The number of nitrogens with zero attached hydrogens (tertiary/aromatic N) is 1. The van der Waals surface area contributed by atoms with Gasteiger partial charge in [0.1, 0.15) is 24.0 Å². The summed E-state index contributed by atoms with van der Waals surface area (Å²) in [4.78, 5) is 0. The zero-order valence-electron chi connectivity index (χ0n) is 17.1. The van der Waals surface area contributed by atoms with E-state index in [1.807, 2.05) is 10.6 Å². The van der Waals surface area contributed by atoms with E-state index in [2.05, 4.69) is 0 Å². The molecule has 0 N–H and O–H groups in total. The normalized spacial score (nSPS) is 12.8. The molecule has 162 valence electrons. The number of hydrogen-bond acceptors (Lipinski definition) is 2. The lowest BCUT2D eigenvalue weighted by Crippen LogP contribution is -3.00. The first-order valence-electron chi connectivity index (χ1n) is 9.57. The lowest BCUT2D eigenvalue weighted by atomic mass is 9.91. The van der Waals surface area contributed by atoms with Gasteiger partial charge in [-0.1, -0.05) is 12.1 Å². The highest BCUT2D eigenvalue weighted by molar-refractivity contribution is 6.11. The van der Waals surface area contributed by atoms with Gasteiger partial charge in [-0.25, -0.2) is 17.7 Å². The predicted octanol–water partition coefficient (Wildman–Crippen LogP) is 1.73. The monoisotopic (exact) mass is 447 g/mol. The van der Waals surface area contributed by atoms with Crippen molar-refractivity contribution >= 4 is 5.71 Å². The van der Waals surface area contributed by atoms with E-state index in [9.17, 15) is 13.2 Å². The third-order valence-electron chi connectivity index (χ3n) is 5.34. The summed E-state index contributed by atoms with van der Waals surface area (Å²) in [5, 5.41) is 0. The summed E-state index contributed by atoms with van der Waals surface area (Å²) in [5.74, 6) is -0.566. The second-order valence-corrected chi connectivity index (χ2v) is 7.10. The number of rotatable bonds is 5. The molecule has 1 heterocycles. The highest BCUT2D eigenvalue weighted by atomic mass is 35.5. The van der Waals surface area contributed by atoms with Crippen LogP contribution in [0.25, 0.3) is 0 Å². The van der Waals surface area contributed by atoms with Crippen LogP contribution in [0.1, 0.15) is 22.3 Å². The lowest BCUT2D eigenvalue weighted by molar-refractivity contribution is -0.544. The molecule has 4 rings (SSSR count). The molecule has 1 aliphatic heterocycles. The van der Waals surface area contributed by atoms with Crippen molar-refractivity contribution in [1.29, 1.82) is 0 Å². The highest BCUT2D eigenvalue weighted by Crippen LogP contribution is 2.34. The minimum absolute atomic E-state index is 0. The van der Waals surface area contributed by atoms with E-state index < -0.39 is 11.6 Å².